The van der Waals surface area contributed by atoms with Crippen LogP contribution >= 0.6 is 0 Å². The van der Waals surface area contributed by atoms with Gasteiger partial charge in [0.05, 0.1) is 18.0 Å². The summed E-state index contributed by atoms with van der Waals surface area (Å²) in [5.41, 5.74) is 3.70. The van der Waals surface area contributed by atoms with Gasteiger partial charge in [0, 0.05) is 30.7 Å². The number of hydrogen-bond donors (Lipinski definition) is 1. The molecule has 5 heteroatoms. The van der Waals surface area contributed by atoms with Crippen molar-refractivity contribution < 1.29 is 9.53 Å². The number of fused-ring (bicyclic) bond motifs is 1. The van der Waals surface area contributed by atoms with Crippen LogP contribution in [0.25, 0.3) is 10.9 Å². The van der Waals surface area contributed by atoms with Crippen molar-refractivity contribution in [1.29, 1.82) is 0 Å². The first-order valence-corrected chi connectivity index (χ1v) is 15.8. The third kappa shape index (κ3) is 9.15. The molecular formula is C37H45N3O2. The van der Waals surface area contributed by atoms with E-state index in [2.05, 4.69) is 81.9 Å². The van der Waals surface area contributed by atoms with Gasteiger partial charge in [-0.25, -0.2) is 0 Å². The summed E-state index contributed by atoms with van der Waals surface area (Å²) in [7, 11) is 0. The van der Waals surface area contributed by atoms with E-state index >= 15 is 0 Å². The second-order valence-electron chi connectivity index (χ2n) is 11.6. The van der Waals surface area contributed by atoms with Crippen LogP contribution < -0.4 is 10.1 Å². The molecule has 4 aromatic rings. The maximum Gasteiger partial charge on any atom is 0.224 e. The first-order valence-electron chi connectivity index (χ1n) is 15.8. The van der Waals surface area contributed by atoms with Gasteiger partial charge >= 0.3 is 0 Å². The van der Waals surface area contributed by atoms with E-state index in [0.717, 1.165) is 94.1 Å². The molecule has 1 fully saturated rings. The lowest BCUT2D eigenvalue weighted by Gasteiger charge is -2.33. The molecule has 42 heavy (non-hydrogen) atoms. The minimum atomic E-state index is 0.0644. The van der Waals surface area contributed by atoms with Crippen molar-refractivity contribution in [1.82, 2.24) is 15.2 Å². The third-order valence-electron chi connectivity index (χ3n) is 8.43. The average molecular weight is 564 g/mol. The number of rotatable bonds is 15. The van der Waals surface area contributed by atoms with Gasteiger partial charge in [0.15, 0.2) is 0 Å². The molecule has 1 N–H and O–H groups in total. The predicted molar refractivity (Wildman–Crippen MR) is 172 cm³/mol. The number of nitrogens with one attached hydrogen (secondary N) is 1. The highest BCUT2D eigenvalue weighted by atomic mass is 16.5. The van der Waals surface area contributed by atoms with E-state index in [1.54, 1.807) is 0 Å². The zero-order chi connectivity index (χ0) is 28.8. The number of likely N-dealkylation sites (tertiary alicyclic amines) is 1. The number of pyridine rings is 1. The maximum absolute atomic E-state index is 13.5. The topological polar surface area (TPSA) is 54.5 Å². The number of hydrogen-bond acceptors (Lipinski definition) is 4. The number of carbonyl (C=O) groups excluding carboxylic acids is 1. The standard InChI is InChI=1S/C37H45N3O2/c41-37(39-33(20-7-17-30-13-3-1-4-14-30)21-8-18-31-15-5-2-6-16-31)32-19-11-26-40(29-32)27-12-28-42-36-24-9-23-35-34(36)22-10-25-38-35/h1-6,9-10,13-16,22-25,32-33H,7-8,11-12,17-21,26-29H2,(H,39,41). The first kappa shape index (κ1) is 29.8. The minimum absolute atomic E-state index is 0.0644. The van der Waals surface area contributed by atoms with Crippen molar-refractivity contribution in [3.8, 4) is 5.75 Å². The molecule has 1 saturated heterocycles. The molecule has 0 aliphatic carbocycles. The summed E-state index contributed by atoms with van der Waals surface area (Å²) in [6.07, 6.45) is 11.1. The van der Waals surface area contributed by atoms with Crippen LogP contribution in [0.1, 0.15) is 56.1 Å². The van der Waals surface area contributed by atoms with Crippen molar-refractivity contribution in [2.45, 2.75) is 63.8 Å². The first-order chi connectivity index (χ1) is 20.7. The molecule has 2 heterocycles. The van der Waals surface area contributed by atoms with Crippen LogP contribution in [-0.2, 0) is 17.6 Å². The van der Waals surface area contributed by atoms with Gasteiger partial charge in [0.25, 0.3) is 0 Å². The van der Waals surface area contributed by atoms with Crippen molar-refractivity contribution in [3.05, 3.63) is 108 Å². The number of aryl methyl sites for hydroxylation is 2. The lowest BCUT2D eigenvalue weighted by molar-refractivity contribution is -0.127. The summed E-state index contributed by atoms with van der Waals surface area (Å²) >= 11 is 0. The Balaban J connectivity index is 1.08. The van der Waals surface area contributed by atoms with Gasteiger partial charge in [-0.3, -0.25) is 9.78 Å². The number of nitrogens with zero attached hydrogens (tertiary/aromatic N) is 2. The van der Waals surface area contributed by atoms with Crippen LogP contribution in [-0.4, -0.2) is 48.1 Å². The zero-order valence-electron chi connectivity index (χ0n) is 24.8. The Labute approximate surface area is 251 Å². The van der Waals surface area contributed by atoms with Crippen LogP contribution in [0.3, 0.4) is 0 Å². The summed E-state index contributed by atoms with van der Waals surface area (Å²) in [5, 5.41) is 4.54. The summed E-state index contributed by atoms with van der Waals surface area (Å²) in [4.78, 5) is 20.4. The molecule has 1 atom stereocenters. The van der Waals surface area contributed by atoms with Gasteiger partial charge in [0.1, 0.15) is 5.75 Å². The summed E-state index contributed by atoms with van der Waals surface area (Å²) in [6.45, 7) is 3.50. The van der Waals surface area contributed by atoms with Gasteiger partial charge in [-0.15, -0.1) is 0 Å². The molecule has 1 aliphatic rings. The second-order valence-corrected chi connectivity index (χ2v) is 11.6. The fourth-order valence-electron chi connectivity index (χ4n) is 6.15. The maximum atomic E-state index is 13.5. The molecule has 1 unspecified atom stereocenters. The molecule has 1 aromatic heterocycles. The Kier molecular flexibility index (Phi) is 11.4. The second kappa shape index (κ2) is 16.1. The minimum Gasteiger partial charge on any atom is -0.493 e. The van der Waals surface area contributed by atoms with Gasteiger partial charge < -0.3 is 15.0 Å². The smallest absolute Gasteiger partial charge is 0.224 e. The van der Waals surface area contributed by atoms with Crippen molar-refractivity contribution in [2.75, 3.05) is 26.2 Å². The zero-order valence-corrected chi connectivity index (χ0v) is 24.8. The van der Waals surface area contributed by atoms with Crippen molar-refractivity contribution in [3.63, 3.8) is 0 Å². The number of amides is 1. The van der Waals surface area contributed by atoms with Gasteiger partial charge in [-0.1, -0.05) is 66.7 Å². The van der Waals surface area contributed by atoms with E-state index in [4.69, 9.17) is 4.74 Å². The Hall–Kier alpha value is -3.70. The molecule has 1 amide bonds. The Morgan fingerprint density at radius 2 is 1.57 bits per heavy atom. The molecule has 0 bridgehead atoms. The number of ether oxygens (including phenoxy) is 1. The molecule has 0 spiro atoms. The summed E-state index contributed by atoms with van der Waals surface area (Å²) in [5.74, 6) is 1.19. The summed E-state index contributed by atoms with van der Waals surface area (Å²) in [6, 6.07) is 31.6. The SMILES string of the molecule is O=C(NC(CCCc1ccccc1)CCCc1ccccc1)C1CCCN(CCCOc2cccc3ncccc23)C1. The molecule has 220 valence electrons. The van der Waals surface area contributed by atoms with Crippen LogP contribution in [0.15, 0.2) is 97.2 Å². The normalized spacial score (nSPS) is 15.6. The Bertz CT molecular complexity index is 1310. The monoisotopic (exact) mass is 563 g/mol. The lowest BCUT2D eigenvalue weighted by Crippen LogP contribution is -2.46. The van der Waals surface area contributed by atoms with E-state index in [1.165, 1.54) is 11.1 Å². The van der Waals surface area contributed by atoms with Crippen LogP contribution in [0.5, 0.6) is 5.75 Å². The van der Waals surface area contributed by atoms with Crippen molar-refractivity contribution >= 4 is 16.8 Å². The number of carbonyl (C=O) groups is 1. The van der Waals surface area contributed by atoms with E-state index in [9.17, 15) is 4.79 Å². The van der Waals surface area contributed by atoms with Crippen LogP contribution in [0.2, 0.25) is 0 Å². The number of aromatic nitrogens is 1. The van der Waals surface area contributed by atoms with Crippen molar-refractivity contribution in [2.24, 2.45) is 5.92 Å². The highest BCUT2D eigenvalue weighted by Gasteiger charge is 2.27. The van der Waals surface area contributed by atoms with Gasteiger partial charge in [-0.05, 0) is 99.7 Å². The fraction of sp³-hybridized carbons (Fsp3) is 0.405. The number of benzene rings is 3. The highest BCUT2D eigenvalue weighted by Crippen LogP contribution is 2.24. The van der Waals surface area contributed by atoms with Gasteiger partial charge in [-0.2, -0.15) is 0 Å². The molecular weight excluding hydrogens is 518 g/mol. The van der Waals surface area contributed by atoms with E-state index < -0.39 is 0 Å². The van der Waals surface area contributed by atoms with E-state index in [-0.39, 0.29) is 17.9 Å². The molecule has 5 nitrogen and oxygen atoms in total. The largest absolute Gasteiger partial charge is 0.493 e. The molecule has 3 aromatic carbocycles. The summed E-state index contributed by atoms with van der Waals surface area (Å²) < 4.78 is 6.13. The number of piperidine rings is 1. The van der Waals surface area contributed by atoms with E-state index in [0.29, 0.717) is 6.61 Å². The molecule has 5 rings (SSSR count). The van der Waals surface area contributed by atoms with Crippen LogP contribution in [0, 0.1) is 5.92 Å². The average Bonchev–Trinajstić information content (AvgIpc) is 3.04. The fourth-order valence-corrected chi connectivity index (χ4v) is 6.15. The lowest BCUT2D eigenvalue weighted by atomic mass is 9.94. The van der Waals surface area contributed by atoms with Crippen LogP contribution in [0.4, 0.5) is 0 Å². The van der Waals surface area contributed by atoms with E-state index in [1.807, 2.05) is 30.5 Å². The third-order valence-corrected chi connectivity index (χ3v) is 8.43. The highest BCUT2D eigenvalue weighted by molar-refractivity contribution is 5.84. The Morgan fingerprint density at radius 3 is 2.29 bits per heavy atom. The molecule has 1 aliphatic heterocycles. The molecule has 0 radical (unpaired) electrons. The van der Waals surface area contributed by atoms with Gasteiger partial charge in [0.2, 0.25) is 5.91 Å². The Morgan fingerprint density at radius 1 is 0.857 bits per heavy atom. The molecule has 0 saturated carbocycles. The predicted octanol–water partition coefficient (Wildman–Crippen LogP) is 7.25. The quantitative estimate of drug-likeness (QED) is 0.155.